The molecule has 1 fully saturated rings. The first-order valence-electron chi connectivity index (χ1n) is 6.99. The third-order valence-corrected chi connectivity index (χ3v) is 4.00. The summed E-state index contributed by atoms with van der Waals surface area (Å²) in [5.74, 6) is 2.50. The van der Waals surface area contributed by atoms with Crippen molar-refractivity contribution in [2.75, 3.05) is 26.8 Å². The monoisotopic (exact) mass is 259 g/mol. The van der Waals surface area contributed by atoms with Gasteiger partial charge in [0.05, 0.1) is 6.61 Å². The van der Waals surface area contributed by atoms with Gasteiger partial charge in [-0.1, -0.05) is 18.2 Å². The summed E-state index contributed by atoms with van der Waals surface area (Å²) in [4.78, 5) is 0. The van der Waals surface area contributed by atoms with E-state index in [1.165, 1.54) is 17.4 Å². The number of nitrogens with one attached hydrogen (secondary N) is 1. The Hall–Kier alpha value is -1.32. The third-order valence-electron chi connectivity index (χ3n) is 4.00. The van der Waals surface area contributed by atoms with Crippen molar-refractivity contribution >= 4 is 11.0 Å². The summed E-state index contributed by atoms with van der Waals surface area (Å²) in [6.45, 7) is 4.88. The summed E-state index contributed by atoms with van der Waals surface area (Å²) in [6.07, 6.45) is 1.27. The van der Waals surface area contributed by atoms with Crippen LogP contribution in [0.3, 0.4) is 0 Å². The van der Waals surface area contributed by atoms with Crippen LogP contribution in [0.1, 0.15) is 23.7 Å². The number of furan rings is 1. The van der Waals surface area contributed by atoms with E-state index in [-0.39, 0.29) is 0 Å². The molecule has 1 heterocycles. The molecule has 0 spiro atoms. The highest BCUT2D eigenvalue weighted by Gasteiger charge is 2.40. The van der Waals surface area contributed by atoms with E-state index in [1.807, 2.05) is 6.07 Å². The highest BCUT2D eigenvalue weighted by atomic mass is 16.5. The van der Waals surface area contributed by atoms with E-state index in [4.69, 9.17) is 9.15 Å². The molecule has 3 heteroatoms. The van der Waals surface area contributed by atoms with Crippen LogP contribution < -0.4 is 5.32 Å². The molecular formula is C16H21NO2. The molecular weight excluding hydrogens is 238 g/mol. The fraction of sp³-hybridized carbons (Fsp3) is 0.500. The molecule has 102 valence electrons. The number of methoxy groups -OCH3 is 1. The minimum absolute atomic E-state index is 0.665. The van der Waals surface area contributed by atoms with E-state index in [0.29, 0.717) is 5.92 Å². The normalized spacial score (nSPS) is 22.0. The smallest absolute Gasteiger partial charge is 0.134 e. The average Bonchev–Trinajstić information content (AvgIpc) is 3.08. The Morgan fingerprint density at radius 3 is 3.05 bits per heavy atom. The summed E-state index contributed by atoms with van der Waals surface area (Å²) in [5.41, 5.74) is 2.45. The standard InChI is InChI=1S/C16H21NO2/c1-11-16(13-5-3-4-6-15(13)19-11)14-9-12(14)10-17-7-8-18-2/h3-6,12,14,17H,7-10H2,1-2H3. The summed E-state index contributed by atoms with van der Waals surface area (Å²) in [5, 5.41) is 4.75. The fourth-order valence-electron chi connectivity index (χ4n) is 2.94. The van der Waals surface area contributed by atoms with E-state index in [9.17, 15) is 0 Å². The molecule has 1 aromatic heterocycles. The number of aryl methyl sites for hydroxylation is 1. The second-order valence-electron chi connectivity index (χ2n) is 5.37. The summed E-state index contributed by atoms with van der Waals surface area (Å²) < 4.78 is 10.9. The molecule has 0 aliphatic heterocycles. The van der Waals surface area contributed by atoms with Crippen molar-refractivity contribution < 1.29 is 9.15 Å². The summed E-state index contributed by atoms with van der Waals surface area (Å²) >= 11 is 0. The van der Waals surface area contributed by atoms with Gasteiger partial charge in [0.25, 0.3) is 0 Å². The number of hydrogen-bond acceptors (Lipinski definition) is 3. The van der Waals surface area contributed by atoms with Crippen molar-refractivity contribution in [1.82, 2.24) is 5.32 Å². The lowest BCUT2D eigenvalue weighted by Crippen LogP contribution is -2.21. The number of ether oxygens (including phenoxy) is 1. The molecule has 2 aromatic rings. The molecule has 0 bridgehead atoms. The molecule has 1 saturated carbocycles. The van der Waals surface area contributed by atoms with Crippen LogP contribution in [0, 0.1) is 12.8 Å². The zero-order valence-electron chi connectivity index (χ0n) is 11.6. The molecule has 1 aromatic carbocycles. The van der Waals surface area contributed by atoms with E-state index in [1.54, 1.807) is 7.11 Å². The van der Waals surface area contributed by atoms with E-state index < -0.39 is 0 Å². The third kappa shape index (κ3) is 2.53. The maximum atomic E-state index is 5.85. The molecule has 1 N–H and O–H groups in total. The van der Waals surface area contributed by atoms with Crippen LogP contribution in [-0.2, 0) is 4.74 Å². The predicted octanol–water partition coefficient (Wildman–Crippen LogP) is 3.08. The van der Waals surface area contributed by atoms with Crippen molar-refractivity contribution in [3.05, 3.63) is 35.6 Å². The lowest BCUT2D eigenvalue weighted by atomic mass is 10.1. The lowest BCUT2D eigenvalue weighted by molar-refractivity contribution is 0.199. The summed E-state index contributed by atoms with van der Waals surface area (Å²) in [7, 11) is 1.74. The van der Waals surface area contributed by atoms with Crippen LogP contribution >= 0.6 is 0 Å². The first kappa shape index (κ1) is 12.7. The molecule has 0 saturated heterocycles. The molecule has 1 aliphatic carbocycles. The van der Waals surface area contributed by atoms with Gasteiger partial charge in [0, 0.05) is 24.6 Å². The van der Waals surface area contributed by atoms with Crippen molar-refractivity contribution in [2.24, 2.45) is 5.92 Å². The van der Waals surface area contributed by atoms with E-state index in [2.05, 4.69) is 30.4 Å². The highest BCUT2D eigenvalue weighted by molar-refractivity contribution is 5.83. The predicted molar refractivity (Wildman–Crippen MR) is 76.5 cm³/mol. The Labute approximate surface area is 113 Å². The van der Waals surface area contributed by atoms with Crippen LogP contribution in [0.25, 0.3) is 11.0 Å². The molecule has 1 aliphatic rings. The van der Waals surface area contributed by atoms with E-state index >= 15 is 0 Å². The zero-order valence-corrected chi connectivity index (χ0v) is 11.6. The first-order chi connectivity index (χ1) is 9.31. The first-order valence-corrected chi connectivity index (χ1v) is 6.99. The highest BCUT2D eigenvalue weighted by Crippen LogP contribution is 2.50. The Morgan fingerprint density at radius 1 is 1.37 bits per heavy atom. The zero-order chi connectivity index (χ0) is 13.2. The second-order valence-corrected chi connectivity index (χ2v) is 5.37. The topological polar surface area (TPSA) is 34.4 Å². The Morgan fingerprint density at radius 2 is 2.21 bits per heavy atom. The maximum absolute atomic E-state index is 5.85. The van der Waals surface area contributed by atoms with Crippen molar-refractivity contribution in [1.29, 1.82) is 0 Å². The van der Waals surface area contributed by atoms with Crippen molar-refractivity contribution in [3.8, 4) is 0 Å². The maximum Gasteiger partial charge on any atom is 0.134 e. The van der Waals surface area contributed by atoms with Gasteiger partial charge in [-0.05, 0) is 37.8 Å². The van der Waals surface area contributed by atoms with Crippen molar-refractivity contribution in [3.63, 3.8) is 0 Å². The number of rotatable bonds is 6. The number of hydrogen-bond donors (Lipinski definition) is 1. The van der Waals surface area contributed by atoms with Gasteiger partial charge in [0.2, 0.25) is 0 Å². The van der Waals surface area contributed by atoms with Gasteiger partial charge in [-0.15, -0.1) is 0 Å². The molecule has 0 amide bonds. The van der Waals surface area contributed by atoms with E-state index in [0.717, 1.165) is 37.0 Å². The largest absolute Gasteiger partial charge is 0.461 e. The molecule has 3 nitrogen and oxygen atoms in total. The van der Waals surface area contributed by atoms with Gasteiger partial charge in [-0.2, -0.15) is 0 Å². The molecule has 2 atom stereocenters. The number of para-hydroxylation sites is 1. The molecule has 3 rings (SSSR count). The van der Waals surface area contributed by atoms with Crippen molar-refractivity contribution in [2.45, 2.75) is 19.3 Å². The van der Waals surface area contributed by atoms with Crippen LogP contribution in [0.15, 0.2) is 28.7 Å². The van der Waals surface area contributed by atoms with Crippen LogP contribution in [0.2, 0.25) is 0 Å². The Balaban J connectivity index is 1.68. The van der Waals surface area contributed by atoms with Crippen LogP contribution in [0.4, 0.5) is 0 Å². The fourth-order valence-corrected chi connectivity index (χ4v) is 2.94. The minimum atomic E-state index is 0.665. The van der Waals surface area contributed by atoms with Gasteiger partial charge in [-0.25, -0.2) is 0 Å². The number of fused-ring (bicyclic) bond motifs is 1. The molecule has 19 heavy (non-hydrogen) atoms. The van der Waals surface area contributed by atoms with Gasteiger partial charge in [-0.3, -0.25) is 0 Å². The average molecular weight is 259 g/mol. The number of benzene rings is 1. The lowest BCUT2D eigenvalue weighted by Gasteiger charge is -2.03. The van der Waals surface area contributed by atoms with Gasteiger partial charge >= 0.3 is 0 Å². The summed E-state index contributed by atoms with van der Waals surface area (Å²) in [6, 6.07) is 8.36. The quantitative estimate of drug-likeness (QED) is 0.810. The Bertz CT molecular complexity index is 561. The molecule has 0 radical (unpaired) electrons. The second kappa shape index (κ2) is 5.35. The van der Waals surface area contributed by atoms with Crippen LogP contribution in [0.5, 0.6) is 0 Å². The molecule has 2 unspecified atom stereocenters. The van der Waals surface area contributed by atoms with Gasteiger partial charge < -0.3 is 14.5 Å². The minimum Gasteiger partial charge on any atom is -0.461 e. The SMILES string of the molecule is COCCNCC1CC1c1c(C)oc2ccccc12. The van der Waals surface area contributed by atoms with Gasteiger partial charge in [0.15, 0.2) is 0 Å². The van der Waals surface area contributed by atoms with Gasteiger partial charge in [0.1, 0.15) is 11.3 Å². The Kier molecular flexibility index (Phi) is 3.58. The van der Waals surface area contributed by atoms with Crippen LogP contribution in [-0.4, -0.2) is 26.8 Å².